The van der Waals surface area contributed by atoms with Gasteiger partial charge in [-0.05, 0) is 26.8 Å². The first-order valence-electron chi connectivity index (χ1n) is 5.42. The number of hydrogen-bond acceptors (Lipinski definition) is 5. The fraction of sp³-hybridized carbons (Fsp3) is 1.00. The van der Waals surface area contributed by atoms with Crippen molar-refractivity contribution in [1.29, 1.82) is 0 Å². The van der Waals surface area contributed by atoms with E-state index in [2.05, 4.69) is 5.32 Å². The zero-order valence-electron chi connectivity index (χ0n) is 10.4. The molecular formula is C9H20N2O4S2. The lowest BCUT2D eigenvalue weighted by Gasteiger charge is -2.38. The number of nitrogens with zero attached hydrogens (tertiary/aromatic N) is 1. The second-order valence-corrected chi connectivity index (χ2v) is 9.34. The van der Waals surface area contributed by atoms with Gasteiger partial charge >= 0.3 is 0 Å². The Labute approximate surface area is 103 Å². The van der Waals surface area contributed by atoms with Crippen LogP contribution in [0.15, 0.2) is 0 Å². The number of sulfone groups is 1. The second kappa shape index (κ2) is 4.83. The molecule has 1 aliphatic rings. The fourth-order valence-corrected chi connectivity index (χ4v) is 5.35. The lowest BCUT2D eigenvalue weighted by atomic mass is 9.91. The van der Waals surface area contributed by atoms with Crippen LogP contribution in [-0.4, -0.2) is 58.2 Å². The molecule has 0 atom stereocenters. The second-order valence-electron chi connectivity index (χ2n) is 4.87. The first kappa shape index (κ1) is 14.9. The average Bonchev–Trinajstić information content (AvgIpc) is 2.15. The van der Waals surface area contributed by atoms with Crippen molar-refractivity contribution in [1.82, 2.24) is 9.62 Å². The van der Waals surface area contributed by atoms with Gasteiger partial charge < -0.3 is 5.32 Å². The van der Waals surface area contributed by atoms with E-state index < -0.39 is 24.9 Å². The van der Waals surface area contributed by atoms with Gasteiger partial charge in [-0.15, -0.1) is 0 Å². The predicted octanol–water partition coefficient (Wildman–Crippen LogP) is -0.608. The van der Waals surface area contributed by atoms with Gasteiger partial charge in [0.25, 0.3) is 0 Å². The molecule has 0 spiro atoms. The highest BCUT2D eigenvalue weighted by Crippen LogP contribution is 2.23. The molecule has 0 amide bonds. The summed E-state index contributed by atoms with van der Waals surface area (Å²) in [6.07, 6.45) is 2.31. The van der Waals surface area contributed by atoms with Gasteiger partial charge in [0.1, 0.15) is 0 Å². The average molecular weight is 284 g/mol. The molecule has 0 saturated carbocycles. The summed E-state index contributed by atoms with van der Waals surface area (Å²) in [6.45, 7) is 2.78. The number of sulfonamides is 1. The smallest absolute Gasteiger partial charge is 0.228 e. The zero-order valence-corrected chi connectivity index (χ0v) is 12.1. The maximum atomic E-state index is 11.8. The van der Waals surface area contributed by atoms with Crippen LogP contribution in [0, 0.1) is 0 Å². The molecule has 1 aliphatic heterocycles. The van der Waals surface area contributed by atoms with Crippen molar-refractivity contribution in [2.45, 2.75) is 25.3 Å². The Morgan fingerprint density at radius 2 is 1.65 bits per heavy atom. The molecule has 8 heteroatoms. The molecule has 0 bridgehead atoms. The molecule has 102 valence electrons. The van der Waals surface area contributed by atoms with E-state index in [1.807, 2.05) is 14.0 Å². The first-order chi connectivity index (χ1) is 7.58. The van der Waals surface area contributed by atoms with E-state index >= 15 is 0 Å². The molecule has 0 aromatic heterocycles. The van der Waals surface area contributed by atoms with Gasteiger partial charge in [0.05, 0.1) is 0 Å². The van der Waals surface area contributed by atoms with Crippen LogP contribution in [0.5, 0.6) is 0 Å². The van der Waals surface area contributed by atoms with Gasteiger partial charge in [0.2, 0.25) is 10.0 Å². The number of hydrogen-bond donors (Lipinski definition) is 1. The number of rotatable bonds is 4. The molecule has 1 N–H and O–H groups in total. The van der Waals surface area contributed by atoms with E-state index in [-0.39, 0.29) is 5.54 Å². The van der Waals surface area contributed by atoms with Crippen molar-refractivity contribution in [3.8, 4) is 0 Å². The van der Waals surface area contributed by atoms with Crippen molar-refractivity contribution in [3.05, 3.63) is 0 Å². The van der Waals surface area contributed by atoms with Crippen LogP contribution < -0.4 is 5.32 Å². The molecule has 1 rings (SSSR count). The van der Waals surface area contributed by atoms with Gasteiger partial charge in [0, 0.05) is 24.9 Å². The maximum absolute atomic E-state index is 11.8. The molecule has 1 heterocycles. The maximum Gasteiger partial charge on any atom is 0.228 e. The fourth-order valence-electron chi connectivity index (χ4n) is 1.85. The van der Waals surface area contributed by atoms with Crippen molar-refractivity contribution in [2.24, 2.45) is 0 Å². The molecule has 1 saturated heterocycles. The van der Waals surface area contributed by atoms with Crippen LogP contribution >= 0.6 is 0 Å². The third-order valence-corrected chi connectivity index (χ3v) is 7.24. The SMILES string of the molecule is CNC1(C)CCN(S(=O)(=O)CS(C)(=O)=O)CC1. The third-order valence-electron chi connectivity index (χ3n) is 3.19. The van der Waals surface area contributed by atoms with Crippen LogP contribution in [0.25, 0.3) is 0 Å². The van der Waals surface area contributed by atoms with Crippen molar-refractivity contribution in [2.75, 3.05) is 31.5 Å². The Morgan fingerprint density at radius 1 is 1.18 bits per heavy atom. The molecule has 0 radical (unpaired) electrons. The summed E-state index contributed by atoms with van der Waals surface area (Å²) in [5.74, 6) is 0. The minimum atomic E-state index is -3.68. The van der Waals surface area contributed by atoms with Crippen LogP contribution in [0.2, 0.25) is 0 Å². The first-order valence-corrected chi connectivity index (χ1v) is 9.09. The molecule has 17 heavy (non-hydrogen) atoms. The Morgan fingerprint density at radius 3 is 2.00 bits per heavy atom. The lowest BCUT2D eigenvalue weighted by Crippen LogP contribution is -2.52. The summed E-state index contributed by atoms with van der Waals surface area (Å²) >= 11 is 0. The van der Waals surface area contributed by atoms with Crippen molar-refractivity contribution in [3.63, 3.8) is 0 Å². The van der Waals surface area contributed by atoms with Gasteiger partial charge in [-0.2, -0.15) is 0 Å². The van der Waals surface area contributed by atoms with Crippen molar-refractivity contribution < 1.29 is 16.8 Å². The summed E-state index contributed by atoms with van der Waals surface area (Å²) in [4.78, 5) is 0. The summed E-state index contributed by atoms with van der Waals surface area (Å²) in [5, 5.41) is 2.37. The van der Waals surface area contributed by atoms with Gasteiger partial charge in [-0.25, -0.2) is 21.1 Å². The van der Waals surface area contributed by atoms with E-state index in [0.717, 1.165) is 6.26 Å². The Balaban J connectivity index is 2.72. The lowest BCUT2D eigenvalue weighted by molar-refractivity contribution is 0.220. The van der Waals surface area contributed by atoms with Crippen molar-refractivity contribution >= 4 is 19.9 Å². The van der Waals surface area contributed by atoms with E-state index in [4.69, 9.17) is 0 Å². The van der Waals surface area contributed by atoms with Gasteiger partial charge in [-0.3, -0.25) is 0 Å². The van der Waals surface area contributed by atoms with Crippen LogP contribution in [0.3, 0.4) is 0 Å². The standard InChI is InChI=1S/C9H20N2O4S2/c1-9(10-2)4-6-11(7-5-9)17(14,15)8-16(3,12)13/h10H,4-8H2,1-3H3. The van der Waals surface area contributed by atoms with E-state index in [1.165, 1.54) is 4.31 Å². The quantitative estimate of drug-likeness (QED) is 0.745. The van der Waals surface area contributed by atoms with E-state index in [9.17, 15) is 16.8 Å². The normalized spacial score (nSPS) is 22.5. The number of nitrogens with one attached hydrogen (secondary N) is 1. The molecule has 1 fully saturated rings. The monoisotopic (exact) mass is 284 g/mol. The van der Waals surface area contributed by atoms with Gasteiger partial charge in [-0.1, -0.05) is 0 Å². The summed E-state index contributed by atoms with van der Waals surface area (Å²) in [5.41, 5.74) is -0.0584. The number of piperidine rings is 1. The van der Waals surface area contributed by atoms with Crippen LogP contribution in [0.4, 0.5) is 0 Å². The largest absolute Gasteiger partial charge is 0.314 e. The Kier molecular flexibility index (Phi) is 4.23. The Bertz CT molecular complexity index is 461. The van der Waals surface area contributed by atoms with E-state index in [0.29, 0.717) is 25.9 Å². The summed E-state index contributed by atoms with van der Waals surface area (Å²) in [6, 6.07) is 0. The Hall–Kier alpha value is -0.180. The zero-order chi connectivity index (χ0) is 13.3. The molecule has 0 aromatic rings. The highest BCUT2D eigenvalue weighted by molar-refractivity contribution is 8.06. The third kappa shape index (κ3) is 4.20. The molecule has 6 nitrogen and oxygen atoms in total. The van der Waals surface area contributed by atoms with Gasteiger partial charge in [0.15, 0.2) is 14.9 Å². The molecule has 0 unspecified atom stereocenters. The highest BCUT2D eigenvalue weighted by atomic mass is 32.3. The topological polar surface area (TPSA) is 83.6 Å². The van der Waals surface area contributed by atoms with E-state index in [1.54, 1.807) is 0 Å². The highest BCUT2D eigenvalue weighted by Gasteiger charge is 2.34. The molecular weight excluding hydrogens is 264 g/mol. The summed E-state index contributed by atoms with van der Waals surface area (Å²) < 4.78 is 47.0. The summed E-state index contributed by atoms with van der Waals surface area (Å²) in [7, 11) is -5.34. The minimum absolute atomic E-state index is 0.0584. The van der Waals surface area contributed by atoms with Crippen LogP contribution in [0.1, 0.15) is 19.8 Å². The minimum Gasteiger partial charge on any atom is -0.314 e. The molecule has 0 aliphatic carbocycles. The van der Waals surface area contributed by atoms with Crippen LogP contribution in [-0.2, 0) is 19.9 Å². The predicted molar refractivity (Wildman–Crippen MR) is 66.9 cm³/mol. The molecule has 0 aromatic carbocycles.